The van der Waals surface area contributed by atoms with Crippen molar-refractivity contribution in [1.82, 2.24) is 25.2 Å². The van der Waals surface area contributed by atoms with Gasteiger partial charge < -0.3 is 14.4 Å². The molecule has 2 heterocycles. The maximum absolute atomic E-state index is 5.27. The molecule has 112 valence electrons. The third-order valence-corrected chi connectivity index (χ3v) is 3.81. The van der Waals surface area contributed by atoms with Gasteiger partial charge >= 0.3 is 0 Å². The molecule has 0 saturated carbocycles. The van der Waals surface area contributed by atoms with Crippen LogP contribution in [0, 0.1) is 0 Å². The van der Waals surface area contributed by atoms with Crippen LogP contribution in [0.25, 0.3) is 0 Å². The van der Waals surface area contributed by atoms with E-state index >= 15 is 0 Å². The van der Waals surface area contributed by atoms with E-state index in [0.29, 0.717) is 12.5 Å². The maximum Gasteiger partial charge on any atom is 0.191 e. The van der Waals surface area contributed by atoms with Crippen LogP contribution in [0.15, 0.2) is 15.7 Å². The highest BCUT2D eigenvalue weighted by Crippen LogP contribution is 2.23. The number of halogens is 1. The largest absolute Gasteiger partial charge is 0.361 e. The molecule has 2 rings (SSSR count). The molecule has 1 N–H and O–H groups in total. The molecular weight excluding hydrogens is 298 g/mol. The molecule has 2 aromatic heterocycles. The van der Waals surface area contributed by atoms with E-state index in [4.69, 9.17) is 4.52 Å². The van der Waals surface area contributed by atoms with Gasteiger partial charge in [0, 0.05) is 24.8 Å². The van der Waals surface area contributed by atoms with E-state index in [-0.39, 0.29) is 12.4 Å². The van der Waals surface area contributed by atoms with Crippen molar-refractivity contribution in [2.45, 2.75) is 37.2 Å². The number of hydrogen-bond acceptors (Lipinski definition) is 6. The summed E-state index contributed by atoms with van der Waals surface area (Å²) >= 11 is 1.61. The topological polar surface area (TPSA) is 68.8 Å². The third kappa shape index (κ3) is 3.97. The number of nitrogens with one attached hydrogen (secondary N) is 1. The van der Waals surface area contributed by atoms with Crippen molar-refractivity contribution < 1.29 is 4.52 Å². The summed E-state index contributed by atoms with van der Waals surface area (Å²) in [5.74, 6) is 2.95. The molecule has 0 aromatic carbocycles. The molecule has 0 unspecified atom stereocenters. The second-order valence-electron chi connectivity index (χ2n) is 4.65. The molecule has 8 heteroatoms. The Balaban J connectivity index is 0.00000200. The first kappa shape index (κ1) is 17.0. The zero-order valence-corrected chi connectivity index (χ0v) is 13.7. The van der Waals surface area contributed by atoms with Crippen molar-refractivity contribution in [1.29, 1.82) is 0 Å². The van der Waals surface area contributed by atoms with E-state index in [2.05, 4.69) is 34.5 Å². The summed E-state index contributed by atoms with van der Waals surface area (Å²) < 4.78 is 7.26. The van der Waals surface area contributed by atoms with Crippen LogP contribution in [0.4, 0.5) is 0 Å². The zero-order valence-electron chi connectivity index (χ0n) is 12.1. The molecule has 0 spiro atoms. The van der Waals surface area contributed by atoms with E-state index < -0.39 is 0 Å². The fraction of sp³-hybridized carbons (Fsp3) is 0.583. The molecule has 2 aromatic rings. The van der Waals surface area contributed by atoms with Gasteiger partial charge in [0.15, 0.2) is 5.16 Å². The smallest absolute Gasteiger partial charge is 0.191 e. The van der Waals surface area contributed by atoms with Crippen molar-refractivity contribution >= 4 is 24.2 Å². The summed E-state index contributed by atoms with van der Waals surface area (Å²) in [6.07, 6.45) is 0. The molecule has 0 aliphatic heterocycles. The lowest BCUT2D eigenvalue weighted by atomic mass is 10.1. The van der Waals surface area contributed by atoms with Gasteiger partial charge in [0.1, 0.15) is 11.6 Å². The second kappa shape index (κ2) is 7.66. The summed E-state index contributed by atoms with van der Waals surface area (Å²) in [4.78, 5) is 0. The monoisotopic (exact) mass is 317 g/mol. The third-order valence-electron chi connectivity index (χ3n) is 2.76. The Hall–Kier alpha value is -1.05. The van der Waals surface area contributed by atoms with Crippen LogP contribution in [-0.2, 0) is 19.3 Å². The molecule has 0 aliphatic rings. The van der Waals surface area contributed by atoms with Crippen LogP contribution < -0.4 is 5.32 Å². The Morgan fingerprint density at radius 3 is 2.75 bits per heavy atom. The van der Waals surface area contributed by atoms with Gasteiger partial charge in [0.2, 0.25) is 0 Å². The van der Waals surface area contributed by atoms with Gasteiger partial charge in [0.25, 0.3) is 0 Å². The minimum Gasteiger partial charge on any atom is -0.361 e. The van der Waals surface area contributed by atoms with E-state index in [1.165, 1.54) is 0 Å². The van der Waals surface area contributed by atoms with E-state index in [1.54, 1.807) is 11.8 Å². The predicted octanol–water partition coefficient (Wildman–Crippen LogP) is 2.36. The van der Waals surface area contributed by atoms with Crippen molar-refractivity contribution in [2.24, 2.45) is 7.05 Å². The second-order valence-corrected chi connectivity index (χ2v) is 5.59. The Morgan fingerprint density at radius 1 is 1.40 bits per heavy atom. The van der Waals surface area contributed by atoms with Crippen LogP contribution in [0.2, 0.25) is 0 Å². The Morgan fingerprint density at radius 2 is 2.15 bits per heavy atom. The van der Waals surface area contributed by atoms with Crippen molar-refractivity contribution in [3.05, 3.63) is 23.3 Å². The molecule has 0 saturated heterocycles. The fourth-order valence-corrected chi connectivity index (χ4v) is 2.40. The van der Waals surface area contributed by atoms with Gasteiger partial charge in [-0.25, -0.2) is 0 Å². The minimum absolute atomic E-state index is 0. The lowest BCUT2D eigenvalue weighted by molar-refractivity contribution is 0.367. The minimum atomic E-state index is 0. The maximum atomic E-state index is 5.27. The van der Waals surface area contributed by atoms with Crippen molar-refractivity contribution in [3.63, 3.8) is 0 Å². The molecule has 0 amide bonds. The van der Waals surface area contributed by atoms with Gasteiger partial charge in [-0.3, -0.25) is 0 Å². The number of thioether (sulfide) groups is 1. The van der Waals surface area contributed by atoms with Crippen LogP contribution in [0.3, 0.4) is 0 Å². The average Bonchev–Trinajstić information content (AvgIpc) is 2.97. The van der Waals surface area contributed by atoms with Crippen LogP contribution in [0.5, 0.6) is 0 Å². The first-order valence-electron chi connectivity index (χ1n) is 6.23. The Bertz CT molecular complexity index is 540. The number of aromatic nitrogens is 4. The molecule has 20 heavy (non-hydrogen) atoms. The Kier molecular flexibility index (Phi) is 6.51. The highest BCUT2D eigenvalue weighted by Gasteiger charge is 2.11. The quantitative estimate of drug-likeness (QED) is 0.825. The van der Waals surface area contributed by atoms with Gasteiger partial charge in [-0.1, -0.05) is 30.8 Å². The predicted molar refractivity (Wildman–Crippen MR) is 81.2 cm³/mol. The van der Waals surface area contributed by atoms with Gasteiger partial charge in [-0.2, -0.15) is 0 Å². The molecular formula is C12H20ClN5OS. The molecule has 0 fully saturated rings. The van der Waals surface area contributed by atoms with Gasteiger partial charge in [-0.05, 0) is 7.05 Å². The van der Waals surface area contributed by atoms with Gasteiger partial charge in [0.05, 0.1) is 12.2 Å². The average molecular weight is 318 g/mol. The summed E-state index contributed by atoms with van der Waals surface area (Å²) in [6.45, 7) is 4.89. The zero-order chi connectivity index (χ0) is 13.8. The number of nitrogens with zero attached hydrogens (tertiary/aromatic N) is 4. The van der Waals surface area contributed by atoms with Crippen LogP contribution in [-0.4, -0.2) is 27.0 Å². The lowest BCUT2D eigenvalue weighted by Gasteiger charge is -2.01. The normalized spacial score (nSPS) is 10.8. The van der Waals surface area contributed by atoms with Crippen molar-refractivity contribution in [2.75, 3.05) is 7.05 Å². The van der Waals surface area contributed by atoms with Crippen LogP contribution in [0.1, 0.15) is 37.0 Å². The summed E-state index contributed by atoms with van der Waals surface area (Å²) in [7, 11) is 3.86. The first-order chi connectivity index (χ1) is 9.11. The highest BCUT2D eigenvalue weighted by molar-refractivity contribution is 7.98. The Labute approximate surface area is 129 Å². The number of rotatable bonds is 6. The molecule has 0 radical (unpaired) electrons. The molecule has 6 nitrogen and oxygen atoms in total. The summed E-state index contributed by atoms with van der Waals surface area (Å²) in [5.41, 5.74) is 0.937. The summed E-state index contributed by atoms with van der Waals surface area (Å²) in [5, 5.41) is 16.3. The van der Waals surface area contributed by atoms with E-state index in [9.17, 15) is 0 Å². The molecule has 0 bridgehead atoms. The first-order valence-corrected chi connectivity index (χ1v) is 7.21. The van der Waals surface area contributed by atoms with Crippen molar-refractivity contribution in [3.8, 4) is 0 Å². The number of hydrogen-bond donors (Lipinski definition) is 1. The molecule has 0 atom stereocenters. The lowest BCUT2D eigenvalue weighted by Crippen LogP contribution is -2.10. The van der Waals surface area contributed by atoms with E-state index in [0.717, 1.165) is 28.2 Å². The van der Waals surface area contributed by atoms with Gasteiger partial charge in [-0.15, -0.1) is 22.6 Å². The van der Waals surface area contributed by atoms with E-state index in [1.807, 2.05) is 24.7 Å². The molecule has 0 aliphatic carbocycles. The fourth-order valence-electron chi connectivity index (χ4n) is 1.59. The SMILES string of the molecule is CNCc1nnc(SCc2cc(C(C)C)on2)n1C.Cl. The highest BCUT2D eigenvalue weighted by atomic mass is 35.5. The standard InChI is InChI=1S/C12H19N5OS.ClH/c1-8(2)10-5-9(16-18-10)7-19-12-15-14-11(6-13-3)17(12)4;/h5,8,13H,6-7H2,1-4H3;1H. The summed E-state index contributed by atoms with van der Waals surface area (Å²) in [6, 6.07) is 2.00. The van der Waals surface area contributed by atoms with Crippen LogP contribution >= 0.6 is 24.2 Å².